The Morgan fingerprint density at radius 3 is 2.58 bits per heavy atom. The molecule has 1 aliphatic heterocycles. The quantitative estimate of drug-likeness (QED) is 0.509. The number of carbonyl (C=O) groups excluding carboxylic acids is 2. The Morgan fingerprint density at radius 2 is 1.83 bits per heavy atom. The van der Waals surface area contributed by atoms with Crippen LogP contribution in [0.25, 0.3) is 0 Å². The van der Waals surface area contributed by atoms with Gasteiger partial charge in [0.25, 0.3) is 0 Å². The van der Waals surface area contributed by atoms with Gasteiger partial charge in [-0.1, -0.05) is 13.8 Å². The van der Waals surface area contributed by atoms with Gasteiger partial charge in [0.05, 0.1) is 0 Å². The van der Waals surface area contributed by atoms with Crippen LogP contribution < -0.4 is 10.8 Å². The predicted molar refractivity (Wildman–Crippen MR) is 89.0 cm³/mol. The molecule has 1 saturated heterocycles. The first-order valence-electron chi connectivity index (χ1n) is 9.63. The van der Waals surface area contributed by atoms with Crippen molar-refractivity contribution in [3.05, 3.63) is 0 Å². The lowest BCUT2D eigenvalue weighted by Gasteiger charge is -2.60. The van der Waals surface area contributed by atoms with E-state index in [1.165, 1.54) is 6.42 Å². The van der Waals surface area contributed by atoms with Crippen LogP contribution in [0.5, 0.6) is 0 Å². The highest BCUT2D eigenvalue weighted by Gasteiger charge is 2.61. The average Bonchev–Trinajstić information content (AvgIpc) is 2.92. The number of hydrogen-bond acceptors (Lipinski definition) is 3. The summed E-state index contributed by atoms with van der Waals surface area (Å²) in [6.45, 7) is 4.67. The van der Waals surface area contributed by atoms with Gasteiger partial charge >= 0.3 is 0 Å². The molecule has 24 heavy (non-hydrogen) atoms. The molecule has 0 spiro atoms. The molecule has 4 fully saturated rings. The van der Waals surface area contributed by atoms with E-state index in [2.05, 4.69) is 19.2 Å². The number of fused-ring (bicyclic) bond motifs is 5. The second kappa shape index (κ2) is 5.45. The van der Waals surface area contributed by atoms with Crippen LogP contribution in [-0.2, 0) is 9.59 Å². The Balaban J connectivity index is 1.61. The molecule has 1 heterocycles. The van der Waals surface area contributed by atoms with Gasteiger partial charge in [-0.15, -0.1) is 0 Å². The van der Waals surface area contributed by atoms with E-state index in [-0.39, 0.29) is 28.6 Å². The fraction of sp³-hybridized carbons (Fsp3) is 0.895. The second-order valence-corrected chi connectivity index (χ2v) is 9.23. The summed E-state index contributed by atoms with van der Waals surface area (Å²) in [7, 11) is 0. The summed E-state index contributed by atoms with van der Waals surface area (Å²) in [5.41, 5.74) is 2.15. The van der Waals surface area contributed by atoms with Crippen LogP contribution in [0.4, 0.5) is 0 Å². The highest BCUT2D eigenvalue weighted by Crippen LogP contribution is 2.65. The largest absolute Gasteiger partial charge is 0.353 e. The van der Waals surface area contributed by atoms with E-state index in [0.717, 1.165) is 38.5 Å². The smallest absolute Gasteiger partial charge is 0.247 e. The Kier molecular flexibility index (Phi) is 3.72. The van der Waals surface area contributed by atoms with E-state index in [4.69, 9.17) is 5.21 Å². The van der Waals surface area contributed by atoms with Crippen LogP contribution in [0, 0.1) is 34.5 Å². The molecule has 0 radical (unpaired) electrons. The molecular weight excluding hydrogens is 304 g/mol. The minimum absolute atomic E-state index is 0.0229. The van der Waals surface area contributed by atoms with Crippen molar-refractivity contribution in [1.29, 1.82) is 0 Å². The molecule has 3 N–H and O–H groups in total. The number of hydroxylamine groups is 1. The van der Waals surface area contributed by atoms with Crippen LogP contribution in [0.1, 0.15) is 65.2 Å². The van der Waals surface area contributed by atoms with E-state index in [1.54, 1.807) is 0 Å². The molecular formula is C19H30N2O3. The highest BCUT2D eigenvalue weighted by molar-refractivity contribution is 5.79. The van der Waals surface area contributed by atoms with Crippen molar-refractivity contribution in [2.45, 2.75) is 71.3 Å². The van der Waals surface area contributed by atoms with Gasteiger partial charge in [0.15, 0.2) is 0 Å². The standard InChI is InChI=1S/C19H30N2O3/c1-18-9-7-13-11(12(18)4-5-14(18)17(23)21-24)3-6-15-19(13,2)10-8-16(22)20-15/h11-15,24H,3-10H2,1-2H3,(H,20,22)(H,21,23)/t11-,12-,13-,14+,15+,18-,19+/m0/s1. The molecule has 7 atom stereocenters. The van der Waals surface area contributed by atoms with Gasteiger partial charge in [-0.05, 0) is 73.5 Å². The zero-order chi connectivity index (χ0) is 17.1. The molecule has 0 bridgehead atoms. The van der Waals surface area contributed by atoms with Crippen molar-refractivity contribution in [2.24, 2.45) is 34.5 Å². The first kappa shape index (κ1) is 16.4. The lowest BCUT2D eigenvalue weighted by Crippen LogP contribution is -2.61. The third-order valence-electron chi connectivity index (χ3n) is 8.52. The first-order chi connectivity index (χ1) is 11.4. The van der Waals surface area contributed by atoms with Crippen molar-refractivity contribution in [2.75, 3.05) is 0 Å². The number of piperidine rings is 1. The van der Waals surface area contributed by atoms with Gasteiger partial charge in [-0.3, -0.25) is 14.8 Å². The van der Waals surface area contributed by atoms with Gasteiger partial charge in [0.1, 0.15) is 0 Å². The molecule has 5 nitrogen and oxygen atoms in total. The van der Waals surface area contributed by atoms with E-state index in [1.807, 2.05) is 5.48 Å². The van der Waals surface area contributed by atoms with E-state index in [9.17, 15) is 9.59 Å². The van der Waals surface area contributed by atoms with E-state index >= 15 is 0 Å². The molecule has 4 rings (SSSR count). The fourth-order valence-electron chi connectivity index (χ4n) is 7.21. The first-order valence-corrected chi connectivity index (χ1v) is 9.63. The van der Waals surface area contributed by atoms with Crippen LogP contribution in [-0.4, -0.2) is 23.1 Å². The number of amides is 2. The summed E-state index contributed by atoms with van der Waals surface area (Å²) < 4.78 is 0. The maximum atomic E-state index is 12.2. The monoisotopic (exact) mass is 334 g/mol. The molecule has 3 aliphatic carbocycles. The SMILES string of the molecule is C[C@]12CCC(=O)N[C@@H]1CC[C@@H]1[C@@H]2CC[C@]2(C)[C@@H](C(=O)NO)CC[C@@H]12. The summed E-state index contributed by atoms with van der Waals surface area (Å²) in [5.74, 6) is 1.88. The average molecular weight is 334 g/mol. The number of nitrogens with one attached hydrogen (secondary N) is 2. The van der Waals surface area contributed by atoms with Crippen LogP contribution in [0.15, 0.2) is 0 Å². The normalized spacial score (nSPS) is 50.3. The highest BCUT2D eigenvalue weighted by atomic mass is 16.5. The Bertz CT molecular complexity index is 565. The fourth-order valence-corrected chi connectivity index (χ4v) is 7.21. The van der Waals surface area contributed by atoms with Crippen molar-refractivity contribution >= 4 is 11.8 Å². The van der Waals surface area contributed by atoms with Gasteiger partial charge in [-0.2, -0.15) is 0 Å². The van der Waals surface area contributed by atoms with Gasteiger partial charge in [0, 0.05) is 18.4 Å². The van der Waals surface area contributed by atoms with Gasteiger partial charge in [0.2, 0.25) is 11.8 Å². The van der Waals surface area contributed by atoms with Crippen LogP contribution >= 0.6 is 0 Å². The Hall–Kier alpha value is -1.10. The zero-order valence-corrected chi connectivity index (χ0v) is 14.8. The lowest BCUT2D eigenvalue weighted by molar-refractivity contribution is -0.146. The molecule has 134 valence electrons. The maximum Gasteiger partial charge on any atom is 0.247 e. The third-order valence-corrected chi connectivity index (χ3v) is 8.52. The molecule has 0 aromatic rings. The molecule has 3 saturated carbocycles. The summed E-state index contributed by atoms with van der Waals surface area (Å²) in [4.78, 5) is 24.0. The van der Waals surface area contributed by atoms with Gasteiger partial charge in [-0.25, -0.2) is 5.48 Å². The number of carbonyl (C=O) groups is 2. The summed E-state index contributed by atoms with van der Waals surface area (Å²) >= 11 is 0. The van der Waals surface area contributed by atoms with E-state index in [0.29, 0.717) is 30.2 Å². The summed E-state index contributed by atoms with van der Waals surface area (Å²) in [6, 6.07) is 0.335. The maximum absolute atomic E-state index is 12.2. The van der Waals surface area contributed by atoms with Crippen molar-refractivity contribution in [1.82, 2.24) is 10.8 Å². The molecule has 5 heteroatoms. The predicted octanol–water partition coefficient (Wildman–Crippen LogP) is 2.63. The second-order valence-electron chi connectivity index (χ2n) is 9.23. The molecule has 2 amide bonds. The third kappa shape index (κ3) is 2.09. The van der Waals surface area contributed by atoms with Crippen molar-refractivity contribution < 1.29 is 14.8 Å². The zero-order valence-electron chi connectivity index (χ0n) is 14.8. The molecule has 4 aliphatic rings. The van der Waals surface area contributed by atoms with Gasteiger partial charge < -0.3 is 5.32 Å². The Labute approximate surface area is 143 Å². The lowest BCUT2D eigenvalue weighted by atomic mass is 9.47. The topological polar surface area (TPSA) is 78.4 Å². The van der Waals surface area contributed by atoms with Crippen LogP contribution in [0.2, 0.25) is 0 Å². The summed E-state index contributed by atoms with van der Waals surface area (Å²) in [6.07, 6.45) is 8.12. The minimum Gasteiger partial charge on any atom is -0.353 e. The molecule has 0 unspecified atom stereocenters. The Morgan fingerprint density at radius 1 is 1.08 bits per heavy atom. The number of rotatable bonds is 1. The van der Waals surface area contributed by atoms with Crippen molar-refractivity contribution in [3.8, 4) is 0 Å². The molecule has 0 aromatic heterocycles. The molecule has 0 aromatic carbocycles. The van der Waals surface area contributed by atoms with E-state index < -0.39 is 0 Å². The minimum atomic E-state index is -0.191. The summed E-state index contributed by atoms with van der Waals surface area (Å²) in [5, 5.41) is 12.4. The number of hydrogen-bond donors (Lipinski definition) is 3. The van der Waals surface area contributed by atoms with Crippen molar-refractivity contribution in [3.63, 3.8) is 0 Å². The van der Waals surface area contributed by atoms with Crippen LogP contribution in [0.3, 0.4) is 0 Å².